The van der Waals surface area contributed by atoms with E-state index < -0.39 is 0 Å². The van der Waals surface area contributed by atoms with Gasteiger partial charge in [-0.1, -0.05) is 18.3 Å². The van der Waals surface area contributed by atoms with E-state index in [-0.39, 0.29) is 0 Å². The zero-order valence-corrected chi connectivity index (χ0v) is 10.4. The lowest BCUT2D eigenvalue weighted by Crippen LogP contribution is -2.09. The highest BCUT2D eigenvalue weighted by atomic mass is 79.9. The van der Waals surface area contributed by atoms with Crippen LogP contribution >= 0.6 is 28.1 Å². The quantitative estimate of drug-likeness (QED) is 0.729. The first-order valence-electron chi connectivity index (χ1n) is 4.30. The van der Waals surface area contributed by atoms with Crippen LogP contribution in [0.5, 0.6) is 0 Å². The standard InChI is InChI=1S/C10H10BrNOS/c1-12(2)9-5-8(14)6-3-4-7(11)10(6)13-9/h4-5H,3H2,1-2H3. The number of allylic oxidation sites excluding steroid dienone is 1. The van der Waals surface area contributed by atoms with Crippen molar-refractivity contribution in [2.24, 2.45) is 0 Å². The largest absolute Gasteiger partial charge is 0.440 e. The second-order valence-corrected chi connectivity index (χ2v) is 4.70. The molecular weight excluding hydrogens is 262 g/mol. The molecule has 1 aliphatic carbocycles. The van der Waals surface area contributed by atoms with E-state index in [4.69, 9.17) is 16.6 Å². The molecule has 0 radical (unpaired) electrons. The number of hydrogen-bond donors (Lipinski definition) is 0. The zero-order valence-electron chi connectivity index (χ0n) is 8.00. The minimum atomic E-state index is 0.793. The van der Waals surface area contributed by atoms with Crippen molar-refractivity contribution in [2.45, 2.75) is 6.42 Å². The monoisotopic (exact) mass is 271 g/mol. The number of halogens is 1. The van der Waals surface area contributed by atoms with Gasteiger partial charge in [0.15, 0.2) is 5.88 Å². The van der Waals surface area contributed by atoms with Crippen molar-refractivity contribution < 1.29 is 4.42 Å². The highest BCUT2D eigenvalue weighted by Gasteiger charge is 2.17. The van der Waals surface area contributed by atoms with E-state index in [0.717, 1.165) is 32.6 Å². The molecule has 0 aromatic carbocycles. The van der Waals surface area contributed by atoms with E-state index in [9.17, 15) is 0 Å². The molecule has 0 saturated heterocycles. The molecule has 0 fully saturated rings. The Hall–Kier alpha value is -0.610. The van der Waals surface area contributed by atoms with E-state index in [1.165, 1.54) is 0 Å². The Labute approximate surface area is 96.4 Å². The van der Waals surface area contributed by atoms with E-state index in [0.29, 0.717) is 0 Å². The molecule has 0 saturated carbocycles. The van der Waals surface area contributed by atoms with Gasteiger partial charge in [-0.3, -0.25) is 0 Å². The minimum absolute atomic E-state index is 0.793. The average molecular weight is 272 g/mol. The molecule has 2 rings (SSSR count). The molecule has 1 aromatic heterocycles. The van der Waals surface area contributed by atoms with Gasteiger partial charge in [0.1, 0.15) is 5.76 Å². The lowest BCUT2D eigenvalue weighted by atomic mass is 10.2. The smallest absolute Gasteiger partial charge is 0.197 e. The van der Waals surface area contributed by atoms with Crippen molar-refractivity contribution in [3.63, 3.8) is 0 Å². The highest BCUT2D eigenvalue weighted by Crippen LogP contribution is 2.35. The van der Waals surface area contributed by atoms with Crippen LogP contribution in [0.1, 0.15) is 11.3 Å². The minimum Gasteiger partial charge on any atom is -0.440 e. The molecule has 0 spiro atoms. The maximum absolute atomic E-state index is 5.72. The van der Waals surface area contributed by atoms with Crippen LogP contribution in [0.3, 0.4) is 0 Å². The van der Waals surface area contributed by atoms with Crippen LogP contribution in [0, 0.1) is 4.51 Å². The molecule has 1 aliphatic rings. The molecule has 0 bridgehead atoms. The average Bonchev–Trinajstić information content (AvgIpc) is 2.48. The van der Waals surface area contributed by atoms with Crippen LogP contribution in [0.25, 0.3) is 4.48 Å². The molecule has 1 aromatic rings. The van der Waals surface area contributed by atoms with Crippen molar-refractivity contribution in [1.29, 1.82) is 0 Å². The summed E-state index contributed by atoms with van der Waals surface area (Å²) in [4.78, 5) is 1.91. The lowest BCUT2D eigenvalue weighted by molar-refractivity contribution is 0.534. The first kappa shape index (κ1) is 9.93. The van der Waals surface area contributed by atoms with Gasteiger partial charge in [0.2, 0.25) is 0 Å². The van der Waals surface area contributed by atoms with E-state index in [1.54, 1.807) is 0 Å². The Morgan fingerprint density at radius 2 is 2.21 bits per heavy atom. The molecular formula is C10H10BrNOS. The summed E-state index contributed by atoms with van der Waals surface area (Å²) < 4.78 is 7.60. The third-order valence-electron chi connectivity index (χ3n) is 2.18. The SMILES string of the molecule is CN(C)c1cc(=S)c2c(o1)C(Br)=CC2. The summed E-state index contributed by atoms with van der Waals surface area (Å²) in [7, 11) is 3.87. The third kappa shape index (κ3) is 1.53. The zero-order chi connectivity index (χ0) is 10.3. The third-order valence-corrected chi connectivity index (χ3v) is 3.22. The molecule has 0 aliphatic heterocycles. The number of fused-ring (bicyclic) bond motifs is 1. The highest BCUT2D eigenvalue weighted by molar-refractivity contribution is 9.15. The van der Waals surface area contributed by atoms with Gasteiger partial charge in [-0.15, -0.1) is 0 Å². The van der Waals surface area contributed by atoms with Crippen LogP contribution in [-0.4, -0.2) is 14.1 Å². The molecule has 74 valence electrons. The van der Waals surface area contributed by atoms with Crippen molar-refractivity contribution in [3.8, 4) is 0 Å². The fourth-order valence-electron chi connectivity index (χ4n) is 1.40. The van der Waals surface area contributed by atoms with Crippen LogP contribution in [0.2, 0.25) is 0 Å². The van der Waals surface area contributed by atoms with Gasteiger partial charge in [0.05, 0.1) is 8.99 Å². The van der Waals surface area contributed by atoms with Gasteiger partial charge in [0, 0.05) is 25.7 Å². The van der Waals surface area contributed by atoms with E-state index >= 15 is 0 Å². The maximum atomic E-state index is 5.72. The Kier molecular flexibility index (Phi) is 2.49. The summed E-state index contributed by atoms with van der Waals surface area (Å²) in [5.74, 6) is 1.67. The van der Waals surface area contributed by atoms with Gasteiger partial charge in [-0.2, -0.15) is 0 Å². The Bertz CT molecular complexity index is 462. The van der Waals surface area contributed by atoms with Crippen molar-refractivity contribution >= 4 is 38.5 Å². The molecule has 0 amide bonds. The Morgan fingerprint density at radius 1 is 1.50 bits per heavy atom. The molecule has 2 nitrogen and oxygen atoms in total. The summed E-state index contributed by atoms with van der Waals surface area (Å²) >= 11 is 8.75. The second-order valence-electron chi connectivity index (χ2n) is 3.41. The number of anilines is 1. The van der Waals surface area contributed by atoms with Crippen LogP contribution in [0.15, 0.2) is 16.6 Å². The fourth-order valence-corrected chi connectivity index (χ4v) is 2.16. The normalized spacial score (nSPS) is 13.8. The van der Waals surface area contributed by atoms with Gasteiger partial charge in [0.25, 0.3) is 0 Å². The first-order chi connectivity index (χ1) is 6.59. The van der Waals surface area contributed by atoms with E-state index in [2.05, 4.69) is 22.0 Å². The van der Waals surface area contributed by atoms with Crippen LogP contribution < -0.4 is 4.90 Å². The van der Waals surface area contributed by atoms with Gasteiger partial charge >= 0.3 is 0 Å². The molecule has 0 atom stereocenters. The predicted octanol–water partition coefficient (Wildman–Crippen LogP) is 3.37. The molecule has 0 unspecified atom stereocenters. The van der Waals surface area contributed by atoms with Gasteiger partial charge < -0.3 is 9.32 Å². The molecule has 14 heavy (non-hydrogen) atoms. The Morgan fingerprint density at radius 3 is 2.86 bits per heavy atom. The topological polar surface area (TPSA) is 16.4 Å². The summed E-state index contributed by atoms with van der Waals surface area (Å²) in [6.45, 7) is 0. The fraction of sp³-hybridized carbons (Fsp3) is 0.300. The second kappa shape index (κ2) is 3.51. The van der Waals surface area contributed by atoms with Gasteiger partial charge in [-0.25, -0.2) is 0 Å². The summed E-state index contributed by atoms with van der Waals surface area (Å²) in [6.07, 6.45) is 2.94. The number of nitrogens with zero attached hydrogens (tertiary/aromatic N) is 1. The Balaban J connectivity index is 2.63. The summed E-state index contributed by atoms with van der Waals surface area (Å²) in [6, 6.07) is 1.90. The van der Waals surface area contributed by atoms with Gasteiger partial charge in [-0.05, 0) is 22.4 Å². The lowest BCUT2D eigenvalue weighted by Gasteiger charge is -2.12. The van der Waals surface area contributed by atoms with Crippen molar-refractivity contribution in [2.75, 3.05) is 19.0 Å². The van der Waals surface area contributed by atoms with E-state index in [1.807, 2.05) is 25.1 Å². The summed E-state index contributed by atoms with van der Waals surface area (Å²) in [5, 5.41) is 0. The number of hydrogen-bond acceptors (Lipinski definition) is 3. The first-order valence-corrected chi connectivity index (χ1v) is 5.50. The maximum Gasteiger partial charge on any atom is 0.197 e. The molecule has 0 N–H and O–H groups in total. The van der Waals surface area contributed by atoms with Crippen molar-refractivity contribution in [1.82, 2.24) is 0 Å². The van der Waals surface area contributed by atoms with Crippen molar-refractivity contribution in [3.05, 3.63) is 28.0 Å². The molecule has 1 heterocycles. The molecule has 4 heteroatoms. The summed E-state index contributed by atoms with van der Waals surface area (Å²) in [5.41, 5.74) is 1.11. The van der Waals surface area contributed by atoms with Crippen LogP contribution in [0.4, 0.5) is 5.88 Å². The number of rotatable bonds is 1. The predicted molar refractivity (Wildman–Crippen MR) is 64.5 cm³/mol. The van der Waals surface area contributed by atoms with Crippen LogP contribution in [-0.2, 0) is 6.42 Å².